The van der Waals surface area contributed by atoms with Crippen molar-refractivity contribution in [1.29, 1.82) is 0 Å². The molecule has 0 radical (unpaired) electrons. The van der Waals surface area contributed by atoms with Gasteiger partial charge in [-0.3, -0.25) is 0 Å². The number of nitrogens with two attached hydrogens (primary N) is 1. The molecule has 4 heteroatoms. The molecule has 0 atom stereocenters. The largest absolute Gasteiger partial charge is 0.384 e. The van der Waals surface area contributed by atoms with Gasteiger partial charge in [0.2, 0.25) is 0 Å². The summed E-state index contributed by atoms with van der Waals surface area (Å²) in [6, 6.07) is 8.12. The van der Waals surface area contributed by atoms with Gasteiger partial charge in [0.1, 0.15) is 12.4 Å². The molecule has 1 aromatic heterocycles. The minimum atomic E-state index is 0.388. The lowest BCUT2D eigenvalue weighted by atomic mass is 10.0. The fraction of sp³-hybridized carbons (Fsp3) is 0.333. The van der Waals surface area contributed by atoms with Crippen LogP contribution in [0.15, 0.2) is 24.3 Å². The van der Waals surface area contributed by atoms with Crippen LogP contribution in [0.4, 0.5) is 5.82 Å². The van der Waals surface area contributed by atoms with Crippen molar-refractivity contribution in [3.05, 3.63) is 41.2 Å². The van der Waals surface area contributed by atoms with Gasteiger partial charge in [-0.15, -0.1) is 0 Å². The molecular formula is C15H19N3O. The molecule has 1 aromatic carbocycles. The van der Waals surface area contributed by atoms with Crippen molar-refractivity contribution in [1.82, 2.24) is 9.97 Å². The average Bonchev–Trinajstić information content (AvgIpc) is 2.34. The predicted molar refractivity (Wildman–Crippen MR) is 76.7 cm³/mol. The molecule has 4 nitrogen and oxygen atoms in total. The molecule has 0 spiro atoms. The summed E-state index contributed by atoms with van der Waals surface area (Å²) in [7, 11) is 0. The summed E-state index contributed by atoms with van der Waals surface area (Å²) in [5, 5.41) is 0. The third kappa shape index (κ3) is 3.51. The molecule has 2 rings (SSSR count). The minimum absolute atomic E-state index is 0.388. The Labute approximate surface area is 113 Å². The first-order chi connectivity index (χ1) is 9.08. The Morgan fingerprint density at radius 2 is 1.74 bits per heavy atom. The summed E-state index contributed by atoms with van der Waals surface area (Å²) < 4.78 is 5.33. The number of benzene rings is 1. The van der Waals surface area contributed by atoms with Crippen LogP contribution in [0.5, 0.6) is 0 Å². The van der Waals surface area contributed by atoms with Crippen LogP contribution in [0, 0.1) is 13.8 Å². The zero-order valence-electron chi connectivity index (χ0n) is 11.6. The van der Waals surface area contributed by atoms with Gasteiger partial charge in [-0.2, -0.15) is 0 Å². The standard InChI is InChI=1S/C15H19N3O/c1-4-19-9-15-17-13(8-14(16)18-15)12-6-10(2)5-11(3)7-12/h5-8H,4,9H2,1-3H3,(H2,16,17,18). The summed E-state index contributed by atoms with van der Waals surface area (Å²) >= 11 is 0. The molecule has 0 fully saturated rings. The number of rotatable bonds is 4. The van der Waals surface area contributed by atoms with E-state index < -0.39 is 0 Å². The van der Waals surface area contributed by atoms with Gasteiger partial charge < -0.3 is 10.5 Å². The van der Waals surface area contributed by atoms with E-state index in [9.17, 15) is 0 Å². The van der Waals surface area contributed by atoms with Gasteiger partial charge >= 0.3 is 0 Å². The van der Waals surface area contributed by atoms with Gasteiger partial charge in [0.25, 0.3) is 0 Å². The summed E-state index contributed by atoms with van der Waals surface area (Å²) in [6.45, 7) is 7.11. The number of hydrogen-bond acceptors (Lipinski definition) is 4. The van der Waals surface area contributed by atoms with Crippen LogP contribution < -0.4 is 5.73 Å². The van der Waals surface area contributed by atoms with Crippen molar-refractivity contribution in [2.24, 2.45) is 0 Å². The first kappa shape index (κ1) is 13.5. The van der Waals surface area contributed by atoms with Gasteiger partial charge in [0.15, 0.2) is 5.82 Å². The molecule has 1 heterocycles. The predicted octanol–water partition coefficient (Wildman–Crippen LogP) is 2.88. The van der Waals surface area contributed by atoms with Crippen molar-refractivity contribution in [2.75, 3.05) is 12.3 Å². The second kappa shape index (κ2) is 5.80. The van der Waals surface area contributed by atoms with Crippen LogP contribution >= 0.6 is 0 Å². The second-order valence-corrected chi connectivity index (χ2v) is 4.61. The number of anilines is 1. The number of aryl methyl sites for hydroxylation is 2. The minimum Gasteiger partial charge on any atom is -0.384 e. The zero-order chi connectivity index (χ0) is 13.8. The first-order valence-electron chi connectivity index (χ1n) is 6.38. The van der Waals surface area contributed by atoms with Crippen molar-refractivity contribution >= 4 is 5.82 Å². The van der Waals surface area contributed by atoms with Gasteiger partial charge in [-0.05, 0) is 32.9 Å². The molecule has 0 bridgehead atoms. The lowest BCUT2D eigenvalue weighted by Crippen LogP contribution is -2.03. The zero-order valence-corrected chi connectivity index (χ0v) is 11.6. The molecule has 19 heavy (non-hydrogen) atoms. The Kier molecular flexibility index (Phi) is 4.12. The highest BCUT2D eigenvalue weighted by molar-refractivity contribution is 5.63. The Morgan fingerprint density at radius 3 is 2.37 bits per heavy atom. The van der Waals surface area contributed by atoms with E-state index in [0.717, 1.165) is 11.3 Å². The molecular weight excluding hydrogens is 238 g/mol. The lowest BCUT2D eigenvalue weighted by Gasteiger charge is -2.08. The van der Waals surface area contributed by atoms with E-state index in [1.54, 1.807) is 6.07 Å². The molecule has 0 unspecified atom stereocenters. The van der Waals surface area contributed by atoms with Crippen LogP contribution in [-0.4, -0.2) is 16.6 Å². The van der Waals surface area contributed by atoms with Crippen molar-refractivity contribution in [2.45, 2.75) is 27.4 Å². The van der Waals surface area contributed by atoms with E-state index in [1.165, 1.54) is 11.1 Å². The normalized spacial score (nSPS) is 10.7. The summed E-state index contributed by atoms with van der Waals surface area (Å²) in [5.41, 5.74) is 10.2. The summed E-state index contributed by atoms with van der Waals surface area (Å²) in [4.78, 5) is 8.69. The molecule has 0 saturated carbocycles. The highest BCUT2D eigenvalue weighted by atomic mass is 16.5. The Bertz CT molecular complexity index is 561. The van der Waals surface area contributed by atoms with Gasteiger partial charge in [-0.1, -0.05) is 17.2 Å². The van der Waals surface area contributed by atoms with Crippen molar-refractivity contribution in [3.8, 4) is 11.3 Å². The number of aromatic nitrogens is 2. The third-order valence-electron chi connectivity index (χ3n) is 2.75. The maximum absolute atomic E-state index is 5.84. The van der Waals surface area contributed by atoms with E-state index >= 15 is 0 Å². The maximum Gasteiger partial charge on any atom is 0.157 e. The first-order valence-corrected chi connectivity index (χ1v) is 6.38. The number of nitrogens with zero attached hydrogens (tertiary/aromatic N) is 2. The molecule has 2 aromatic rings. The van der Waals surface area contributed by atoms with Crippen molar-refractivity contribution in [3.63, 3.8) is 0 Å². The maximum atomic E-state index is 5.84. The van der Waals surface area contributed by atoms with E-state index in [-0.39, 0.29) is 0 Å². The topological polar surface area (TPSA) is 61.0 Å². The fourth-order valence-corrected chi connectivity index (χ4v) is 2.05. The molecule has 100 valence electrons. The van der Waals surface area contributed by atoms with Gasteiger partial charge in [0.05, 0.1) is 5.69 Å². The highest BCUT2D eigenvalue weighted by Crippen LogP contribution is 2.22. The Hall–Kier alpha value is -1.94. The number of nitrogen functional groups attached to an aromatic ring is 1. The molecule has 0 aliphatic carbocycles. The summed E-state index contributed by atoms with van der Waals surface area (Å²) in [6.07, 6.45) is 0. The number of ether oxygens (including phenoxy) is 1. The Morgan fingerprint density at radius 1 is 1.05 bits per heavy atom. The van der Waals surface area contributed by atoms with E-state index in [0.29, 0.717) is 24.9 Å². The van der Waals surface area contributed by atoms with Crippen LogP contribution in [-0.2, 0) is 11.3 Å². The van der Waals surface area contributed by atoms with Gasteiger partial charge in [0, 0.05) is 18.2 Å². The van der Waals surface area contributed by atoms with Crippen LogP contribution in [0.25, 0.3) is 11.3 Å². The molecule has 0 aliphatic heterocycles. The van der Waals surface area contributed by atoms with Crippen LogP contribution in [0.2, 0.25) is 0 Å². The van der Waals surface area contributed by atoms with E-state index in [4.69, 9.17) is 10.5 Å². The second-order valence-electron chi connectivity index (χ2n) is 4.61. The van der Waals surface area contributed by atoms with Crippen LogP contribution in [0.1, 0.15) is 23.9 Å². The third-order valence-corrected chi connectivity index (χ3v) is 2.75. The Balaban J connectivity index is 2.40. The van der Waals surface area contributed by atoms with Gasteiger partial charge in [-0.25, -0.2) is 9.97 Å². The SMILES string of the molecule is CCOCc1nc(N)cc(-c2cc(C)cc(C)c2)n1. The highest BCUT2D eigenvalue weighted by Gasteiger charge is 2.06. The molecule has 2 N–H and O–H groups in total. The molecule has 0 aliphatic rings. The number of hydrogen-bond donors (Lipinski definition) is 1. The smallest absolute Gasteiger partial charge is 0.157 e. The molecule has 0 saturated heterocycles. The summed E-state index contributed by atoms with van der Waals surface area (Å²) in [5.74, 6) is 1.09. The lowest BCUT2D eigenvalue weighted by molar-refractivity contribution is 0.128. The monoisotopic (exact) mass is 257 g/mol. The van der Waals surface area contributed by atoms with E-state index in [2.05, 4.69) is 42.0 Å². The fourth-order valence-electron chi connectivity index (χ4n) is 2.05. The van der Waals surface area contributed by atoms with E-state index in [1.807, 2.05) is 6.92 Å². The average molecular weight is 257 g/mol. The van der Waals surface area contributed by atoms with Crippen LogP contribution in [0.3, 0.4) is 0 Å². The molecule has 0 amide bonds. The van der Waals surface area contributed by atoms with Crippen molar-refractivity contribution < 1.29 is 4.74 Å². The quantitative estimate of drug-likeness (QED) is 0.914.